The molecule has 4 rings (SSSR count). The van der Waals surface area contributed by atoms with Crippen LogP contribution in [0.4, 0.5) is 5.69 Å². The van der Waals surface area contributed by atoms with Gasteiger partial charge in [0.1, 0.15) is 5.56 Å². The van der Waals surface area contributed by atoms with Crippen molar-refractivity contribution in [3.8, 4) is 0 Å². The van der Waals surface area contributed by atoms with Crippen LogP contribution in [0.1, 0.15) is 22.8 Å². The van der Waals surface area contributed by atoms with Crippen molar-refractivity contribution in [3.63, 3.8) is 0 Å². The van der Waals surface area contributed by atoms with E-state index in [9.17, 15) is 9.59 Å². The van der Waals surface area contributed by atoms with Crippen LogP contribution in [0.2, 0.25) is 0 Å². The molecule has 1 amide bonds. The number of carbonyl (C=O) groups excluding carboxylic acids is 1. The van der Waals surface area contributed by atoms with E-state index < -0.39 is 0 Å². The largest absolute Gasteiger partial charge is 0.367 e. The summed E-state index contributed by atoms with van der Waals surface area (Å²) in [7, 11) is 1.87. The number of fused-ring (bicyclic) bond motifs is 1. The van der Waals surface area contributed by atoms with Crippen LogP contribution in [-0.2, 0) is 7.05 Å². The number of hydrogen-bond donors (Lipinski definition) is 0. The van der Waals surface area contributed by atoms with Gasteiger partial charge in [0.2, 0.25) is 5.43 Å². The number of anilines is 1. The molecule has 0 saturated carbocycles. The first-order valence-electron chi connectivity index (χ1n) is 9.67. The van der Waals surface area contributed by atoms with Crippen molar-refractivity contribution >= 4 is 22.5 Å². The SMILES string of the molecule is Cc1ccccc1N1CCN(C(=O)c2cn(C)c3ccccc3c2=O)C(C)C1. The average molecular weight is 375 g/mol. The number of nitrogens with zero attached hydrogens (tertiary/aromatic N) is 3. The van der Waals surface area contributed by atoms with Crippen molar-refractivity contribution in [1.82, 2.24) is 9.47 Å². The van der Waals surface area contributed by atoms with Crippen LogP contribution in [0.3, 0.4) is 0 Å². The van der Waals surface area contributed by atoms with Gasteiger partial charge in [-0.1, -0.05) is 30.3 Å². The van der Waals surface area contributed by atoms with Gasteiger partial charge in [0.15, 0.2) is 0 Å². The van der Waals surface area contributed by atoms with Gasteiger partial charge in [-0.3, -0.25) is 9.59 Å². The second kappa shape index (κ2) is 7.15. The molecule has 2 aromatic carbocycles. The molecular weight excluding hydrogens is 350 g/mol. The van der Waals surface area contributed by atoms with Gasteiger partial charge in [0.25, 0.3) is 5.91 Å². The summed E-state index contributed by atoms with van der Waals surface area (Å²) >= 11 is 0. The third-order valence-electron chi connectivity index (χ3n) is 5.67. The van der Waals surface area contributed by atoms with E-state index in [4.69, 9.17) is 0 Å². The van der Waals surface area contributed by atoms with Crippen LogP contribution >= 0.6 is 0 Å². The van der Waals surface area contributed by atoms with Gasteiger partial charge in [-0.15, -0.1) is 0 Å². The molecule has 0 bridgehead atoms. The minimum Gasteiger partial charge on any atom is -0.367 e. The van der Waals surface area contributed by atoms with Crippen LogP contribution in [0.25, 0.3) is 10.9 Å². The molecule has 144 valence electrons. The average Bonchev–Trinajstić information content (AvgIpc) is 2.70. The molecule has 1 fully saturated rings. The molecule has 1 aliphatic rings. The molecule has 5 nitrogen and oxygen atoms in total. The Bertz CT molecular complexity index is 1100. The fourth-order valence-corrected chi connectivity index (χ4v) is 4.14. The number of para-hydroxylation sites is 2. The Labute approximate surface area is 164 Å². The molecule has 0 radical (unpaired) electrons. The molecule has 0 spiro atoms. The Balaban J connectivity index is 1.62. The first-order valence-corrected chi connectivity index (χ1v) is 9.67. The molecule has 0 aliphatic carbocycles. The van der Waals surface area contributed by atoms with E-state index in [1.165, 1.54) is 11.3 Å². The smallest absolute Gasteiger partial charge is 0.259 e. The van der Waals surface area contributed by atoms with Gasteiger partial charge in [0, 0.05) is 50.0 Å². The molecule has 1 atom stereocenters. The van der Waals surface area contributed by atoms with E-state index in [0.717, 1.165) is 18.6 Å². The van der Waals surface area contributed by atoms with Gasteiger partial charge < -0.3 is 14.4 Å². The summed E-state index contributed by atoms with van der Waals surface area (Å²) in [6.07, 6.45) is 1.67. The van der Waals surface area contributed by atoms with Crippen LogP contribution in [-0.4, -0.2) is 41.1 Å². The summed E-state index contributed by atoms with van der Waals surface area (Å²) in [5, 5.41) is 0.585. The van der Waals surface area contributed by atoms with Crippen molar-refractivity contribution in [2.75, 3.05) is 24.5 Å². The zero-order chi connectivity index (χ0) is 19.8. The Morgan fingerprint density at radius 1 is 1.04 bits per heavy atom. The highest BCUT2D eigenvalue weighted by molar-refractivity contribution is 5.97. The van der Waals surface area contributed by atoms with E-state index in [2.05, 4.69) is 24.0 Å². The summed E-state index contributed by atoms with van der Waals surface area (Å²) < 4.78 is 1.86. The molecule has 0 N–H and O–H groups in total. The van der Waals surface area contributed by atoms with Crippen molar-refractivity contribution in [1.29, 1.82) is 0 Å². The van der Waals surface area contributed by atoms with Crippen molar-refractivity contribution in [3.05, 3.63) is 76.1 Å². The highest BCUT2D eigenvalue weighted by Crippen LogP contribution is 2.23. The minimum absolute atomic E-state index is 0.0250. The molecule has 3 aromatic rings. The first kappa shape index (κ1) is 18.3. The minimum atomic E-state index is -0.188. The molecule has 5 heteroatoms. The number of amides is 1. The zero-order valence-corrected chi connectivity index (χ0v) is 16.6. The van der Waals surface area contributed by atoms with Crippen LogP contribution in [0.15, 0.2) is 59.5 Å². The lowest BCUT2D eigenvalue weighted by atomic mass is 10.1. The quantitative estimate of drug-likeness (QED) is 0.691. The number of hydrogen-bond acceptors (Lipinski definition) is 3. The van der Waals surface area contributed by atoms with Gasteiger partial charge in [0.05, 0.1) is 5.52 Å². The standard InChI is InChI=1S/C23H25N3O2/c1-16-8-4-6-10-20(16)25-12-13-26(17(2)14-25)23(28)19-15-24(3)21-11-7-5-9-18(21)22(19)27/h4-11,15,17H,12-14H2,1-3H3. The third-order valence-corrected chi connectivity index (χ3v) is 5.67. The lowest BCUT2D eigenvalue weighted by molar-refractivity contribution is 0.0672. The number of rotatable bonds is 2. The number of carbonyl (C=O) groups is 1. The summed E-state index contributed by atoms with van der Waals surface area (Å²) in [5.41, 5.74) is 3.34. The van der Waals surface area contributed by atoms with Crippen molar-refractivity contribution in [2.45, 2.75) is 19.9 Å². The van der Waals surface area contributed by atoms with Gasteiger partial charge in [-0.25, -0.2) is 0 Å². The maximum Gasteiger partial charge on any atom is 0.259 e. The second-order valence-electron chi connectivity index (χ2n) is 7.58. The predicted octanol–water partition coefficient (Wildman–Crippen LogP) is 3.20. The molecule has 1 unspecified atom stereocenters. The summed E-state index contributed by atoms with van der Waals surface area (Å²) in [6.45, 7) is 6.27. The second-order valence-corrected chi connectivity index (χ2v) is 7.58. The third kappa shape index (κ3) is 3.07. The van der Waals surface area contributed by atoms with Crippen LogP contribution in [0, 0.1) is 6.92 Å². The Hall–Kier alpha value is -3.08. The number of benzene rings is 2. The molecule has 28 heavy (non-hydrogen) atoms. The van der Waals surface area contributed by atoms with Crippen molar-refractivity contribution < 1.29 is 4.79 Å². The normalized spacial score (nSPS) is 17.2. The summed E-state index contributed by atoms with van der Waals surface area (Å²) in [4.78, 5) is 30.3. The topological polar surface area (TPSA) is 45.5 Å². The van der Waals surface area contributed by atoms with E-state index in [-0.39, 0.29) is 22.9 Å². The number of aryl methyl sites for hydroxylation is 2. The molecule has 1 aliphatic heterocycles. The maximum atomic E-state index is 13.2. The molecule has 2 heterocycles. The maximum absolute atomic E-state index is 13.2. The van der Waals surface area contributed by atoms with Crippen molar-refractivity contribution in [2.24, 2.45) is 7.05 Å². The zero-order valence-electron chi connectivity index (χ0n) is 16.6. The van der Waals surface area contributed by atoms with E-state index in [1.54, 1.807) is 12.3 Å². The fourth-order valence-electron chi connectivity index (χ4n) is 4.14. The van der Waals surface area contributed by atoms with Gasteiger partial charge in [-0.2, -0.15) is 0 Å². The molecule has 1 aromatic heterocycles. The predicted molar refractivity (Wildman–Crippen MR) is 113 cm³/mol. The highest BCUT2D eigenvalue weighted by Gasteiger charge is 2.30. The Kier molecular flexibility index (Phi) is 4.67. The van der Waals surface area contributed by atoms with Crippen LogP contribution in [0.5, 0.6) is 0 Å². The van der Waals surface area contributed by atoms with Gasteiger partial charge in [-0.05, 0) is 37.6 Å². The lowest BCUT2D eigenvalue weighted by Gasteiger charge is -2.41. The lowest BCUT2D eigenvalue weighted by Crippen LogP contribution is -2.54. The number of pyridine rings is 1. The van der Waals surface area contributed by atoms with Crippen LogP contribution < -0.4 is 10.3 Å². The number of piperazine rings is 1. The van der Waals surface area contributed by atoms with E-state index >= 15 is 0 Å². The summed E-state index contributed by atoms with van der Waals surface area (Å²) in [5.74, 6) is -0.178. The molecular formula is C23H25N3O2. The Morgan fingerprint density at radius 3 is 2.50 bits per heavy atom. The van der Waals surface area contributed by atoms with E-state index in [0.29, 0.717) is 11.9 Å². The monoisotopic (exact) mass is 375 g/mol. The first-order chi connectivity index (χ1) is 13.5. The van der Waals surface area contributed by atoms with E-state index in [1.807, 2.05) is 53.8 Å². The summed E-state index contributed by atoms with van der Waals surface area (Å²) in [6, 6.07) is 15.8. The Morgan fingerprint density at radius 2 is 1.75 bits per heavy atom. The number of aromatic nitrogens is 1. The highest BCUT2D eigenvalue weighted by atomic mass is 16.2. The fraction of sp³-hybridized carbons (Fsp3) is 0.304. The molecule has 1 saturated heterocycles. The van der Waals surface area contributed by atoms with Gasteiger partial charge >= 0.3 is 0 Å².